The van der Waals surface area contributed by atoms with Gasteiger partial charge in [-0.25, -0.2) is 0 Å². The van der Waals surface area contributed by atoms with E-state index in [4.69, 9.17) is 11.6 Å². The molecule has 0 atom stereocenters. The summed E-state index contributed by atoms with van der Waals surface area (Å²) in [5, 5.41) is 6.44. The summed E-state index contributed by atoms with van der Waals surface area (Å²) in [4.78, 5) is 29.0. The summed E-state index contributed by atoms with van der Waals surface area (Å²) in [7, 11) is 0. The molecule has 6 heteroatoms. The van der Waals surface area contributed by atoms with Gasteiger partial charge in [0.15, 0.2) is 0 Å². The van der Waals surface area contributed by atoms with E-state index in [1.165, 1.54) is 0 Å². The van der Waals surface area contributed by atoms with Gasteiger partial charge in [-0.2, -0.15) is 0 Å². The second-order valence-corrected chi connectivity index (χ2v) is 9.30. The third-order valence-corrected chi connectivity index (χ3v) is 6.76. The molecule has 0 saturated carbocycles. The van der Waals surface area contributed by atoms with Crippen LogP contribution in [-0.2, 0) is 0 Å². The molecule has 0 bridgehead atoms. The standard InChI is InChI=1S/C33H26ClN3O2/c1-23-28(34)19-12-21-29(23)35-32(38)26-17-8-10-20-30(26)36-33(39)27-18-9-11-22-31(27)37(24-13-4-2-5-14-24)25-15-6-3-7-16-25/h2-22H,1H3,(H,35,38)(H,36,39). The van der Waals surface area contributed by atoms with Crippen LogP contribution in [0.4, 0.5) is 28.4 Å². The second-order valence-electron chi connectivity index (χ2n) is 8.89. The van der Waals surface area contributed by atoms with Gasteiger partial charge >= 0.3 is 0 Å². The lowest BCUT2D eigenvalue weighted by Gasteiger charge is -2.27. The lowest BCUT2D eigenvalue weighted by Crippen LogP contribution is -2.21. The molecule has 0 saturated heterocycles. The molecule has 0 radical (unpaired) electrons. The maximum atomic E-state index is 13.7. The maximum absolute atomic E-state index is 13.7. The molecule has 192 valence electrons. The van der Waals surface area contributed by atoms with Gasteiger partial charge in [0, 0.05) is 22.1 Å². The molecule has 2 N–H and O–H groups in total. The first kappa shape index (κ1) is 25.8. The van der Waals surface area contributed by atoms with Crippen molar-refractivity contribution < 1.29 is 9.59 Å². The number of nitrogens with one attached hydrogen (secondary N) is 2. The van der Waals surface area contributed by atoms with E-state index in [-0.39, 0.29) is 11.8 Å². The smallest absolute Gasteiger partial charge is 0.257 e. The van der Waals surface area contributed by atoms with E-state index in [0.29, 0.717) is 33.2 Å². The Morgan fingerprint density at radius 1 is 0.564 bits per heavy atom. The number of anilines is 5. The Kier molecular flexibility index (Phi) is 7.71. The zero-order valence-corrected chi connectivity index (χ0v) is 22.0. The second kappa shape index (κ2) is 11.7. The van der Waals surface area contributed by atoms with Crippen LogP contribution in [0.15, 0.2) is 127 Å². The molecule has 0 unspecified atom stereocenters. The number of rotatable bonds is 7. The minimum atomic E-state index is -0.347. The highest BCUT2D eigenvalue weighted by atomic mass is 35.5. The van der Waals surface area contributed by atoms with E-state index in [0.717, 1.165) is 16.9 Å². The summed E-state index contributed by atoms with van der Waals surface area (Å²) in [6, 6.07) is 39.5. The van der Waals surface area contributed by atoms with Crippen LogP contribution in [0, 0.1) is 6.92 Å². The Hall–Kier alpha value is -4.87. The van der Waals surface area contributed by atoms with Crippen molar-refractivity contribution in [2.45, 2.75) is 6.92 Å². The van der Waals surface area contributed by atoms with E-state index >= 15 is 0 Å². The molecule has 0 spiro atoms. The number of carbonyl (C=O) groups is 2. The predicted octanol–water partition coefficient (Wildman–Crippen LogP) is 8.62. The zero-order chi connectivity index (χ0) is 27.2. The van der Waals surface area contributed by atoms with Gasteiger partial charge in [0.2, 0.25) is 0 Å². The molecule has 0 aromatic heterocycles. The Morgan fingerprint density at radius 2 is 1.05 bits per heavy atom. The molecule has 0 aliphatic rings. The summed E-state index contributed by atoms with van der Waals surface area (Å²) in [6.45, 7) is 1.84. The third-order valence-electron chi connectivity index (χ3n) is 6.35. The molecular weight excluding hydrogens is 506 g/mol. The van der Waals surface area contributed by atoms with Gasteiger partial charge in [-0.05, 0) is 73.2 Å². The lowest BCUT2D eigenvalue weighted by atomic mass is 10.1. The fourth-order valence-corrected chi connectivity index (χ4v) is 4.53. The first-order chi connectivity index (χ1) is 19.0. The highest BCUT2D eigenvalue weighted by Gasteiger charge is 2.21. The Morgan fingerprint density at radius 3 is 1.72 bits per heavy atom. The summed E-state index contributed by atoms with van der Waals surface area (Å²) in [5.74, 6) is -0.679. The number of halogens is 1. The van der Waals surface area contributed by atoms with Crippen LogP contribution >= 0.6 is 11.6 Å². The van der Waals surface area contributed by atoms with Crippen LogP contribution in [0.1, 0.15) is 26.3 Å². The van der Waals surface area contributed by atoms with Crippen molar-refractivity contribution in [1.82, 2.24) is 0 Å². The first-order valence-corrected chi connectivity index (χ1v) is 12.9. The summed E-state index contributed by atoms with van der Waals surface area (Å²) in [5.41, 5.74) is 5.13. The number of benzene rings is 5. The maximum Gasteiger partial charge on any atom is 0.257 e. The number of hydrogen-bond donors (Lipinski definition) is 2. The van der Waals surface area contributed by atoms with E-state index in [2.05, 4.69) is 10.6 Å². The van der Waals surface area contributed by atoms with Gasteiger partial charge in [0.1, 0.15) is 0 Å². The third kappa shape index (κ3) is 5.69. The normalized spacial score (nSPS) is 10.5. The van der Waals surface area contributed by atoms with Gasteiger partial charge in [0.25, 0.3) is 11.8 Å². The van der Waals surface area contributed by atoms with Crippen molar-refractivity contribution >= 4 is 51.9 Å². The van der Waals surface area contributed by atoms with Crippen LogP contribution in [0.5, 0.6) is 0 Å². The molecule has 5 rings (SSSR count). The number of para-hydroxylation sites is 4. The topological polar surface area (TPSA) is 61.4 Å². The fourth-order valence-electron chi connectivity index (χ4n) is 4.35. The predicted molar refractivity (Wildman–Crippen MR) is 160 cm³/mol. The quantitative estimate of drug-likeness (QED) is 0.221. The number of hydrogen-bond acceptors (Lipinski definition) is 3. The number of amides is 2. The minimum absolute atomic E-state index is 0.332. The van der Waals surface area contributed by atoms with E-state index in [1.807, 2.05) is 90.7 Å². The van der Waals surface area contributed by atoms with Crippen molar-refractivity contribution in [1.29, 1.82) is 0 Å². The Bertz CT molecular complexity index is 1580. The highest BCUT2D eigenvalue weighted by Crippen LogP contribution is 2.36. The van der Waals surface area contributed by atoms with E-state index in [1.54, 1.807) is 48.5 Å². The van der Waals surface area contributed by atoms with Gasteiger partial charge in [-0.1, -0.05) is 78.3 Å². The molecule has 0 fully saturated rings. The molecule has 5 aromatic rings. The van der Waals surface area contributed by atoms with Crippen molar-refractivity contribution in [3.8, 4) is 0 Å². The zero-order valence-electron chi connectivity index (χ0n) is 21.3. The average molecular weight is 532 g/mol. The Labute approximate surface area is 232 Å². The van der Waals surface area contributed by atoms with Gasteiger partial charge in [-0.15, -0.1) is 0 Å². The van der Waals surface area contributed by atoms with Crippen LogP contribution in [0.3, 0.4) is 0 Å². The SMILES string of the molecule is Cc1c(Cl)cccc1NC(=O)c1ccccc1NC(=O)c1ccccc1N(c1ccccc1)c1ccccc1. The molecule has 5 nitrogen and oxygen atoms in total. The van der Waals surface area contributed by atoms with Crippen molar-refractivity contribution in [3.05, 3.63) is 149 Å². The molecule has 0 aliphatic heterocycles. The van der Waals surface area contributed by atoms with Crippen molar-refractivity contribution in [3.63, 3.8) is 0 Å². The van der Waals surface area contributed by atoms with Crippen molar-refractivity contribution in [2.24, 2.45) is 0 Å². The first-order valence-electron chi connectivity index (χ1n) is 12.5. The average Bonchev–Trinajstić information content (AvgIpc) is 2.97. The molecule has 0 aliphatic carbocycles. The van der Waals surface area contributed by atoms with Crippen LogP contribution < -0.4 is 15.5 Å². The fraction of sp³-hybridized carbons (Fsp3) is 0.0303. The minimum Gasteiger partial charge on any atom is -0.322 e. The molecule has 39 heavy (non-hydrogen) atoms. The summed E-state index contributed by atoms with van der Waals surface area (Å²) >= 11 is 6.23. The lowest BCUT2D eigenvalue weighted by molar-refractivity contribution is 0.102. The van der Waals surface area contributed by atoms with Crippen LogP contribution in [-0.4, -0.2) is 11.8 Å². The molecular formula is C33H26ClN3O2. The largest absolute Gasteiger partial charge is 0.322 e. The Balaban J connectivity index is 1.48. The highest BCUT2D eigenvalue weighted by molar-refractivity contribution is 6.31. The summed E-state index contributed by atoms with van der Waals surface area (Å²) in [6.07, 6.45) is 0. The monoisotopic (exact) mass is 531 g/mol. The van der Waals surface area contributed by atoms with E-state index in [9.17, 15) is 9.59 Å². The molecule has 2 amide bonds. The van der Waals surface area contributed by atoms with Gasteiger partial charge < -0.3 is 15.5 Å². The molecule has 0 heterocycles. The number of nitrogens with zero attached hydrogens (tertiary/aromatic N) is 1. The van der Waals surface area contributed by atoms with Crippen LogP contribution in [0.25, 0.3) is 0 Å². The van der Waals surface area contributed by atoms with Crippen molar-refractivity contribution in [2.75, 3.05) is 15.5 Å². The molecule has 5 aromatic carbocycles. The van der Waals surface area contributed by atoms with Gasteiger partial charge in [-0.3, -0.25) is 9.59 Å². The summed E-state index contributed by atoms with van der Waals surface area (Å²) < 4.78 is 0. The van der Waals surface area contributed by atoms with Crippen LogP contribution in [0.2, 0.25) is 5.02 Å². The van der Waals surface area contributed by atoms with E-state index < -0.39 is 0 Å². The van der Waals surface area contributed by atoms with Gasteiger partial charge in [0.05, 0.1) is 22.5 Å². The number of carbonyl (C=O) groups excluding carboxylic acids is 2.